The lowest BCUT2D eigenvalue weighted by atomic mass is 9.80. The summed E-state index contributed by atoms with van der Waals surface area (Å²) in [4.78, 5) is 14.6. The molecular formula is C21H34N4O. The summed E-state index contributed by atoms with van der Waals surface area (Å²) < 4.78 is 2.00. The summed E-state index contributed by atoms with van der Waals surface area (Å²) in [6, 6.07) is 2.26. The van der Waals surface area contributed by atoms with Crippen LogP contribution in [0.5, 0.6) is 0 Å². The highest BCUT2D eigenvalue weighted by Crippen LogP contribution is 2.36. The van der Waals surface area contributed by atoms with Crippen molar-refractivity contribution in [1.29, 1.82) is 0 Å². The van der Waals surface area contributed by atoms with Crippen LogP contribution in [0.4, 0.5) is 0 Å². The van der Waals surface area contributed by atoms with Gasteiger partial charge in [0.1, 0.15) is 0 Å². The standard InChI is InChI=1S/C21H34N4O/c1-22-14-19-13-20(23-25(19)3)17-11-9-16(10-12-17)15-24(2)21(26)18-7-5-4-6-8-18/h4-5,13,16-18,22H,6-12,14-15H2,1-3H3. The van der Waals surface area contributed by atoms with Crippen LogP contribution in [0.15, 0.2) is 18.2 Å². The molecule has 144 valence electrons. The Hall–Kier alpha value is -1.62. The van der Waals surface area contributed by atoms with Crippen molar-refractivity contribution in [3.05, 3.63) is 29.6 Å². The first kappa shape index (κ1) is 19.2. The van der Waals surface area contributed by atoms with Crippen LogP contribution < -0.4 is 5.32 Å². The lowest BCUT2D eigenvalue weighted by Crippen LogP contribution is -2.37. The zero-order chi connectivity index (χ0) is 18.5. The molecule has 0 bridgehead atoms. The molecule has 1 heterocycles. The summed E-state index contributed by atoms with van der Waals surface area (Å²) in [5, 5.41) is 7.94. The fourth-order valence-corrected chi connectivity index (χ4v) is 4.52. The first-order valence-electron chi connectivity index (χ1n) is 10.2. The van der Waals surface area contributed by atoms with Crippen molar-refractivity contribution < 1.29 is 4.79 Å². The van der Waals surface area contributed by atoms with Crippen LogP contribution in [0.2, 0.25) is 0 Å². The average Bonchev–Trinajstić information content (AvgIpc) is 3.03. The van der Waals surface area contributed by atoms with E-state index in [4.69, 9.17) is 5.10 Å². The van der Waals surface area contributed by atoms with Crippen LogP contribution in [-0.2, 0) is 18.4 Å². The normalized spacial score (nSPS) is 26.0. The van der Waals surface area contributed by atoms with E-state index >= 15 is 0 Å². The molecule has 1 aromatic rings. The number of carbonyl (C=O) groups is 1. The van der Waals surface area contributed by atoms with Gasteiger partial charge in [-0.05, 0) is 64.0 Å². The van der Waals surface area contributed by atoms with Gasteiger partial charge in [0.25, 0.3) is 0 Å². The molecule has 3 rings (SSSR count). The van der Waals surface area contributed by atoms with Crippen LogP contribution in [0, 0.1) is 11.8 Å². The number of hydrogen-bond donors (Lipinski definition) is 1. The smallest absolute Gasteiger partial charge is 0.225 e. The molecule has 5 nitrogen and oxygen atoms in total. The Morgan fingerprint density at radius 3 is 2.69 bits per heavy atom. The molecule has 1 unspecified atom stereocenters. The third kappa shape index (κ3) is 4.56. The van der Waals surface area contributed by atoms with E-state index in [0.717, 1.165) is 32.4 Å². The monoisotopic (exact) mass is 358 g/mol. The molecule has 1 N–H and O–H groups in total. The Morgan fingerprint density at radius 1 is 1.27 bits per heavy atom. The van der Waals surface area contributed by atoms with Gasteiger partial charge < -0.3 is 10.2 Å². The summed E-state index contributed by atoms with van der Waals surface area (Å²) in [7, 11) is 6.00. The minimum atomic E-state index is 0.209. The summed E-state index contributed by atoms with van der Waals surface area (Å²) >= 11 is 0. The van der Waals surface area contributed by atoms with Gasteiger partial charge in [0, 0.05) is 39.0 Å². The molecule has 2 aliphatic carbocycles. The zero-order valence-electron chi connectivity index (χ0n) is 16.6. The lowest BCUT2D eigenvalue weighted by Gasteiger charge is -2.32. The first-order chi connectivity index (χ1) is 12.6. The average molecular weight is 359 g/mol. The lowest BCUT2D eigenvalue weighted by molar-refractivity contribution is -0.135. The number of allylic oxidation sites excluding steroid dienone is 2. The van der Waals surface area contributed by atoms with Gasteiger partial charge in [0.05, 0.1) is 11.4 Å². The molecule has 5 heteroatoms. The second-order valence-corrected chi connectivity index (χ2v) is 8.13. The first-order valence-corrected chi connectivity index (χ1v) is 10.2. The number of aryl methyl sites for hydroxylation is 1. The largest absolute Gasteiger partial charge is 0.345 e. The summed E-state index contributed by atoms with van der Waals surface area (Å²) in [5.41, 5.74) is 2.49. The van der Waals surface area contributed by atoms with Crippen molar-refractivity contribution in [2.45, 2.75) is 57.4 Å². The number of aromatic nitrogens is 2. The number of amides is 1. The topological polar surface area (TPSA) is 50.2 Å². The van der Waals surface area contributed by atoms with Crippen molar-refractivity contribution in [2.75, 3.05) is 20.6 Å². The van der Waals surface area contributed by atoms with Gasteiger partial charge in [-0.15, -0.1) is 0 Å². The Bertz CT molecular complexity index is 628. The van der Waals surface area contributed by atoms with E-state index in [0.29, 0.717) is 17.7 Å². The second kappa shape index (κ2) is 8.85. The van der Waals surface area contributed by atoms with Gasteiger partial charge in [-0.1, -0.05) is 12.2 Å². The molecule has 1 atom stereocenters. The fourth-order valence-electron chi connectivity index (χ4n) is 4.52. The van der Waals surface area contributed by atoms with Gasteiger partial charge >= 0.3 is 0 Å². The Morgan fingerprint density at radius 2 is 2.04 bits per heavy atom. The fraction of sp³-hybridized carbons (Fsp3) is 0.714. The minimum Gasteiger partial charge on any atom is -0.345 e. The zero-order valence-corrected chi connectivity index (χ0v) is 16.6. The van der Waals surface area contributed by atoms with Crippen LogP contribution in [0.1, 0.15) is 62.3 Å². The maximum absolute atomic E-state index is 12.6. The molecule has 26 heavy (non-hydrogen) atoms. The van der Waals surface area contributed by atoms with Gasteiger partial charge in [-0.3, -0.25) is 9.48 Å². The molecule has 1 aromatic heterocycles. The summed E-state index contributed by atoms with van der Waals surface area (Å²) in [6.45, 7) is 1.78. The van der Waals surface area contributed by atoms with Crippen LogP contribution >= 0.6 is 0 Å². The highest BCUT2D eigenvalue weighted by molar-refractivity contribution is 5.78. The van der Waals surface area contributed by atoms with E-state index in [-0.39, 0.29) is 5.92 Å². The molecule has 0 spiro atoms. The predicted octanol–water partition coefficient (Wildman–Crippen LogP) is 3.23. The number of nitrogens with one attached hydrogen (secondary N) is 1. The highest BCUT2D eigenvalue weighted by Gasteiger charge is 2.28. The molecule has 2 aliphatic rings. The van der Waals surface area contributed by atoms with E-state index in [1.54, 1.807) is 0 Å². The second-order valence-electron chi connectivity index (χ2n) is 8.13. The number of nitrogens with zero attached hydrogens (tertiary/aromatic N) is 3. The Labute approximate surface area is 157 Å². The van der Waals surface area contributed by atoms with E-state index in [2.05, 4.69) is 23.5 Å². The van der Waals surface area contributed by atoms with E-state index in [1.165, 1.54) is 37.1 Å². The van der Waals surface area contributed by atoms with Crippen LogP contribution in [-0.4, -0.2) is 41.2 Å². The van der Waals surface area contributed by atoms with Crippen molar-refractivity contribution in [2.24, 2.45) is 18.9 Å². The molecule has 0 saturated heterocycles. The van der Waals surface area contributed by atoms with Crippen molar-refractivity contribution >= 4 is 5.91 Å². The Balaban J connectivity index is 1.48. The molecule has 1 amide bonds. The minimum absolute atomic E-state index is 0.209. The maximum atomic E-state index is 12.6. The van der Waals surface area contributed by atoms with Gasteiger partial charge in [-0.25, -0.2) is 0 Å². The highest BCUT2D eigenvalue weighted by atomic mass is 16.2. The third-order valence-electron chi connectivity index (χ3n) is 6.15. The van der Waals surface area contributed by atoms with E-state index in [9.17, 15) is 4.79 Å². The van der Waals surface area contributed by atoms with Crippen LogP contribution in [0.3, 0.4) is 0 Å². The molecule has 0 radical (unpaired) electrons. The van der Waals surface area contributed by atoms with Crippen molar-refractivity contribution in [1.82, 2.24) is 20.0 Å². The summed E-state index contributed by atoms with van der Waals surface area (Å²) in [6.07, 6.45) is 12.1. The van der Waals surface area contributed by atoms with Crippen molar-refractivity contribution in [3.8, 4) is 0 Å². The van der Waals surface area contributed by atoms with Gasteiger partial charge in [0.2, 0.25) is 5.91 Å². The SMILES string of the molecule is CNCc1cc(C2CCC(CN(C)C(=O)C3CC=CCC3)CC2)nn1C. The quantitative estimate of drug-likeness (QED) is 0.794. The van der Waals surface area contributed by atoms with Crippen molar-refractivity contribution in [3.63, 3.8) is 0 Å². The third-order valence-corrected chi connectivity index (χ3v) is 6.15. The molecular weight excluding hydrogens is 324 g/mol. The molecule has 0 aliphatic heterocycles. The molecule has 1 fully saturated rings. The predicted molar refractivity (Wildman–Crippen MR) is 105 cm³/mol. The van der Waals surface area contributed by atoms with E-state index in [1.807, 2.05) is 30.7 Å². The molecule has 0 aromatic carbocycles. The van der Waals surface area contributed by atoms with Gasteiger partial charge in [-0.2, -0.15) is 5.10 Å². The van der Waals surface area contributed by atoms with Crippen LogP contribution in [0.25, 0.3) is 0 Å². The molecule has 1 saturated carbocycles. The number of hydrogen-bond acceptors (Lipinski definition) is 3. The van der Waals surface area contributed by atoms with Gasteiger partial charge in [0.15, 0.2) is 0 Å². The maximum Gasteiger partial charge on any atom is 0.225 e. The number of carbonyl (C=O) groups excluding carboxylic acids is 1. The number of rotatable bonds is 6. The Kier molecular flexibility index (Phi) is 6.52. The van der Waals surface area contributed by atoms with E-state index < -0.39 is 0 Å². The summed E-state index contributed by atoms with van der Waals surface area (Å²) in [5.74, 6) is 1.77.